The van der Waals surface area contributed by atoms with Gasteiger partial charge in [-0.05, 0) is 60.8 Å². The molecule has 4 rings (SSSR count). The van der Waals surface area contributed by atoms with Gasteiger partial charge in [0.2, 0.25) is 0 Å². The zero-order valence-corrected chi connectivity index (χ0v) is 16.2. The topological polar surface area (TPSA) is 37.8 Å². The van der Waals surface area contributed by atoms with Crippen molar-refractivity contribution >= 4 is 33.1 Å². The van der Waals surface area contributed by atoms with E-state index in [9.17, 15) is 0 Å². The first-order valence-corrected chi connectivity index (χ1v) is 9.82. The Hall–Kier alpha value is -1.94. The van der Waals surface area contributed by atoms with Gasteiger partial charge in [0.1, 0.15) is 17.0 Å². The zero-order valence-electron chi connectivity index (χ0n) is 15.4. The van der Waals surface area contributed by atoms with E-state index < -0.39 is 0 Å². The van der Waals surface area contributed by atoms with Crippen molar-refractivity contribution in [2.75, 3.05) is 5.32 Å². The van der Waals surface area contributed by atoms with Gasteiger partial charge >= 0.3 is 0 Å². The second kappa shape index (κ2) is 6.10. The number of nitrogens with one attached hydrogen (secondary N) is 1. The van der Waals surface area contributed by atoms with Crippen molar-refractivity contribution in [3.63, 3.8) is 0 Å². The lowest BCUT2D eigenvalue weighted by Crippen LogP contribution is -2.26. The highest BCUT2D eigenvalue weighted by Crippen LogP contribution is 2.44. The van der Waals surface area contributed by atoms with Crippen LogP contribution in [-0.2, 0) is 12.8 Å². The van der Waals surface area contributed by atoms with Crippen molar-refractivity contribution in [2.45, 2.75) is 47.0 Å². The molecule has 0 bridgehead atoms. The SMILES string of the molecule is Cc1cccc(Nc2ncnc3sc4c(c23)CCC(C(C)(C)C)C4)c1. The van der Waals surface area contributed by atoms with Crippen LogP contribution in [0, 0.1) is 18.3 Å². The van der Waals surface area contributed by atoms with E-state index in [1.54, 1.807) is 6.33 Å². The fraction of sp³-hybridized carbons (Fsp3) is 0.429. The average molecular weight is 352 g/mol. The van der Waals surface area contributed by atoms with Gasteiger partial charge in [0.05, 0.1) is 5.39 Å². The smallest absolute Gasteiger partial charge is 0.142 e. The fourth-order valence-electron chi connectivity index (χ4n) is 3.80. The summed E-state index contributed by atoms with van der Waals surface area (Å²) in [5, 5.41) is 4.75. The molecule has 0 fully saturated rings. The lowest BCUT2D eigenvalue weighted by Gasteiger charge is -2.33. The Balaban J connectivity index is 1.74. The van der Waals surface area contributed by atoms with Gasteiger partial charge in [-0.2, -0.15) is 0 Å². The van der Waals surface area contributed by atoms with Crippen molar-refractivity contribution in [3.05, 3.63) is 46.6 Å². The van der Waals surface area contributed by atoms with E-state index in [4.69, 9.17) is 0 Å². The molecule has 0 saturated heterocycles. The standard InChI is InChI=1S/C21H25N3S/c1-13-6-5-7-15(10-13)24-19-18-16-9-8-14(21(2,3)4)11-17(16)25-20(18)23-12-22-19/h5-7,10,12,14H,8-9,11H2,1-4H3,(H,22,23,24). The summed E-state index contributed by atoms with van der Waals surface area (Å²) >= 11 is 1.86. The third kappa shape index (κ3) is 3.15. The molecule has 1 aromatic carbocycles. The van der Waals surface area contributed by atoms with Crippen LogP contribution in [0.5, 0.6) is 0 Å². The Morgan fingerprint density at radius 2 is 2.04 bits per heavy atom. The molecule has 1 aliphatic carbocycles. The molecule has 0 amide bonds. The van der Waals surface area contributed by atoms with Crippen molar-refractivity contribution in [1.82, 2.24) is 9.97 Å². The molecule has 3 nitrogen and oxygen atoms in total. The zero-order chi connectivity index (χ0) is 17.6. The van der Waals surface area contributed by atoms with Crippen LogP contribution in [0.15, 0.2) is 30.6 Å². The maximum absolute atomic E-state index is 4.56. The number of rotatable bonds is 2. The van der Waals surface area contributed by atoms with E-state index in [2.05, 4.69) is 67.2 Å². The van der Waals surface area contributed by atoms with Gasteiger partial charge in [0.15, 0.2) is 0 Å². The maximum atomic E-state index is 4.56. The van der Waals surface area contributed by atoms with E-state index in [-0.39, 0.29) is 0 Å². The van der Waals surface area contributed by atoms with Gasteiger partial charge in [0, 0.05) is 10.6 Å². The molecule has 1 N–H and O–H groups in total. The van der Waals surface area contributed by atoms with E-state index in [0.29, 0.717) is 5.41 Å². The Kier molecular flexibility index (Phi) is 4.03. The third-order valence-electron chi connectivity index (χ3n) is 5.35. The molecule has 0 aliphatic heterocycles. The summed E-state index contributed by atoms with van der Waals surface area (Å²) in [7, 11) is 0. The van der Waals surface area contributed by atoms with Crippen LogP contribution >= 0.6 is 11.3 Å². The van der Waals surface area contributed by atoms with Gasteiger partial charge in [0.25, 0.3) is 0 Å². The molecule has 1 aliphatic rings. The van der Waals surface area contributed by atoms with Crippen LogP contribution in [-0.4, -0.2) is 9.97 Å². The van der Waals surface area contributed by atoms with Crippen LogP contribution in [0.1, 0.15) is 43.2 Å². The van der Waals surface area contributed by atoms with Crippen molar-refractivity contribution in [1.29, 1.82) is 0 Å². The number of aryl methyl sites for hydroxylation is 2. The van der Waals surface area contributed by atoms with Gasteiger partial charge in [-0.1, -0.05) is 32.9 Å². The normalized spacial score (nSPS) is 17.5. The summed E-state index contributed by atoms with van der Waals surface area (Å²) in [6.45, 7) is 9.20. The number of thiophene rings is 1. The summed E-state index contributed by atoms with van der Waals surface area (Å²) in [4.78, 5) is 11.7. The summed E-state index contributed by atoms with van der Waals surface area (Å²) < 4.78 is 0. The number of nitrogens with zero attached hydrogens (tertiary/aromatic N) is 2. The highest BCUT2D eigenvalue weighted by Gasteiger charge is 2.31. The fourth-order valence-corrected chi connectivity index (χ4v) is 5.07. The predicted molar refractivity (Wildman–Crippen MR) is 107 cm³/mol. The first-order chi connectivity index (χ1) is 11.9. The molecule has 2 heterocycles. The lowest BCUT2D eigenvalue weighted by atomic mass is 9.72. The molecule has 2 aromatic heterocycles. The molecule has 1 atom stereocenters. The molecule has 0 radical (unpaired) electrons. The molecule has 130 valence electrons. The van der Waals surface area contributed by atoms with E-state index in [1.165, 1.54) is 34.2 Å². The molecular weight excluding hydrogens is 326 g/mol. The number of fused-ring (bicyclic) bond motifs is 3. The number of hydrogen-bond acceptors (Lipinski definition) is 4. The van der Waals surface area contributed by atoms with Gasteiger partial charge in [-0.3, -0.25) is 0 Å². The Morgan fingerprint density at radius 3 is 2.80 bits per heavy atom. The summed E-state index contributed by atoms with van der Waals surface area (Å²) in [5.41, 5.74) is 4.16. The third-order valence-corrected chi connectivity index (χ3v) is 6.51. The number of aromatic nitrogens is 2. The van der Waals surface area contributed by atoms with Crippen LogP contribution in [0.2, 0.25) is 0 Å². The molecule has 0 spiro atoms. The molecular formula is C21H25N3S. The second-order valence-electron chi connectivity index (χ2n) is 8.21. The lowest BCUT2D eigenvalue weighted by molar-refractivity contribution is 0.218. The van der Waals surface area contributed by atoms with Crippen molar-refractivity contribution in [2.24, 2.45) is 11.3 Å². The molecule has 0 saturated carbocycles. The summed E-state index contributed by atoms with van der Waals surface area (Å²) in [6, 6.07) is 8.44. The molecule has 1 unspecified atom stereocenters. The predicted octanol–water partition coefficient (Wildman–Crippen LogP) is 5.89. The van der Waals surface area contributed by atoms with Crippen LogP contribution in [0.4, 0.5) is 11.5 Å². The Bertz CT molecular complexity index is 921. The average Bonchev–Trinajstić information content (AvgIpc) is 2.92. The second-order valence-corrected chi connectivity index (χ2v) is 9.29. The quantitative estimate of drug-likeness (QED) is 0.625. The van der Waals surface area contributed by atoms with E-state index in [0.717, 1.165) is 28.7 Å². The molecule has 25 heavy (non-hydrogen) atoms. The minimum atomic E-state index is 0.363. The number of anilines is 2. The van der Waals surface area contributed by atoms with Gasteiger partial charge in [-0.25, -0.2) is 9.97 Å². The number of benzene rings is 1. The minimum absolute atomic E-state index is 0.363. The monoisotopic (exact) mass is 351 g/mol. The minimum Gasteiger partial charge on any atom is -0.340 e. The van der Waals surface area contributed by atoms with E-state index in [1.807, 2.05) is 11.3 Å². The maximum Gasteiger partial charge on any atom is 0.142 e. The van der Waals surface area contributed by atoms with Crippen molar-refractivity contribution in [3.8, 4) is 0 Å². The van der Waals surface area contributed by atoms with E-state index >= 15 is 0 Å². The molecule has 4 heteroatoms. The largest absolute Gasteiger partial charge is 0.340 e. The first-order valence-electron chi connectivity index (χ1n) is 9.01. The summed E-state index contributed by atoms with van der Waals surface area (Å²) in [6.07, 6.45) is 5.24. The Labute approximate surface area is 153 Å². The van der Waals surface area contributed by atoms with Crippen LogP contribution in [0.25, 0.3) is 10.2 Å². The van der Waals surface area contributed by atoms with Crippen LogP contribution in [0.3, 0.4) is 0 Å². The van der Waals surface area contributed by atoms with Gasteiger partial charge in [-0.15, -0.1) is 11.3 Å². The van der Waals surface area contributed by atoms with Gasteiger partial charge < -0.3 is 5.32 Å². The number of hydrogen-bond donors (Lipinski definition) is 1. The van der Waals surface area contributed by atoms with Crippen LogP contribution < -0.4 is 5.32 Å². The highest BCUT2D eigenvalue weighted by atomic mass is 32.1. The highest BCUT2D eigenvalue weighted by molar-refractivity contribution is 7.19. The Morgan fingerprint density at radius 1 is 1.20 bits per heavy atom. The molecule has 3 aromatic rings. The first kappa shape index (κ1) is 16.5. The van der Waals surface area contributed by atoms with Crippen molar-refractivity contribution < 1.29 is 0 Å². The summed E-state index contributed by atoms with van der Waals surface area (Å²) in [5.74, 6) is 1.69.